The topological polar surface area (TPSA) is 46.2 Å². The van der Waals surface area contributed by atoms with Crippen LogP contribution in [0.4, 0.5) is 0 Å². The minimum Gasteiger partial charge on any atom is -0.342 e. The number of hydrogen-bond donors (Lipinski definition) is 1. The first kappa shape index (κ1) is 13.2. The molecule has 1 atom stereocenters. The van der Waals surface area contributed by atoms with E-state index in [2.05, 4.69) is 21.2 Å². The lowest BCUT2D eigenvalue weighted by atomic mass is 10.2. The molecule has 86 valence electrons. The molecule has 1 N–H and O–H groups in total. The summed E-state index contributed by atoms with van der Waals surface area (Å²) in [5.74, 6) is -0.413. The van der Waals surface area contributed by atoms with E-state index in [9.17, 15) is 9.59 Å². The summed E-state index contributed by atoms with van der Waals surface area (Å²) in [4.78, 5) is 22.8. The number of carbonyl (C=O) groups is 2. The molecule has 1 amide bonds. The molecule has 1 aromatic rings. The Labute approximate surface area is 107 Å². The van der Waals surface area contributed by atoms with Crippen molar-refractivity contribution in [3.8, 4) is 0 Å². The number of hydrogen-bond acceptors (Lipinski definition) is 2. The van der Waals surface area contributed by atoms with Crippen molar-refractivity contribution < 1.29 is 9.59 Å². The van der Waals surface area contributed by atoms with Crippen LogP contribution in [0.3, 0.4) is 0 Å². The molecule has 5 heteroatoms. The maximum absolute atomic E-state index is 11.8. The predicted octanol–water partition coefficient (Wildman–Crippen LogP) is 2.81. The van der Waals surface area contributed by atoms with Crippen LogP contribution < -0.4 is 5.32 Å². The molecule has 0 heterocycles. The summed E-state index contributed by atoms with van der Waals surface area (Å²) in [5, 5.41) is 3.06. The van der Waals surface area contributed by atoms with Crippen molar-refractivity contribution in [2.75, 3.05) is 0 Å². The highest BCUT2D eigenvalue weighted by Gasteiger charge is 2.15. The van der Waals surface area contributed by atoms with E-state index >= 15 is 0 Å². The molecular weight excluding hydrogens is 293 g/mol. The summed E-state index contributed by atoms with van der Waals surface area (Å²) in [5.41, 5.74) is 0.417. The standard InChI is InChI=1S/C11H11BrClNO2/c1-6(7(2)15)14-11(16)9-5-8(13)3-4-10(9)12/h3-6H,1-2H3,(H,14,16). The number of halogens is 2. The van der Waals surface area contributed by atoms with Gasteiger partial charge in [0, 0.05) is 9.50 Å². The molecule has 0 bridgehead atoms. The number of benzene rings is 1. The first-order valence-electron chi connectivity index (χ1n) is 4.68. The molecule has 0 saturated carbocycles. The maximum Gasteiger partial charge on any atom is 0.253 e. The van der Waals surface area contributed by atoms with Gasteiger partial charge in [0.25, 0.3) is 5.91 Å². The minimum atomic E-state index is -0.501. The molecule has 16 heavy (non-hydrogen) atoms. The van der Waals surface area contributed by atoms with Gasteiger partial charge < -0.3 is 5.32 Å². The summed E-state index contributed by atoms with van der Waals surface area (Å²) in [6.07, 6.45) is 0. The molecule has 1 aromatic carbocycles. The number of nitrogens with one attached hydrogen (secondary N) is 1. The van der Waals surface area contributed by atoms with Gasteiger partial charge in [-0.3, -0.25) is 9.59 Å². The highest BCUT2D eigenvalue weighted by Crippen LogP contribution is 2.21. The molecule has 0 spiro atoms. The van der Waals surface area contributed by atoms with E-state index < -0.39 is 6.04 Å². The molecule has 0 fully saturated rings. The van der Waals surface area contributed by atoms with Crippen molar-refractivity contribution in [1.82, 2.24) is 5.32 Å². The second kappa shape index (κ2) is 5.46. The van der Waals surface area contributed by atoms with E-state index in [1.54, 1.807) is 25.1 Å². The normalized spacial score (nSPS) is 12.0. The third-order valence-electron chi connectivity index (χ3n) is 2.13. The first-order valence-corrected chi connectivity index (χ1v) is 5.85. The summed E-state index contributed by atoms with van der Waals surface area (Å²) in [6.45, 7) is 3.07. The molecule has 0 aliphatic carbocycles. The van der Waals surface area contributed by atoms with Crippen LogP contribution in [-0.2, 0) is 4.79 Å². The molecule has 0 aromatic heterocycles. The number of rotatable bonds is 3. The average molecular weight is 305 g/mol. The van der Waals surface area contributed by atoms with Gasteiger partial charge in [-0.05, 0) is 48.0 Å². The number of Topliss-reactive ketones (excluding diaryl/α,β-unsaturated/α-hetero) is 1. The maximum atomic E-state index is 11.8. The van der Waals surface area contributed by atoms with Crippen LogP contribution >= 0.6 is 27.5 Å². The molecule has 3 nitrogen and oxygen atoms in total. The Morgan fingerprint density at radius 3 is 2.62 bits per heavy atom. The van der Waals surface area contributed by atoms with Crippen LogP contribution in [0.2, 0.25) is 5.02 Å². The molecule has 1 unspecified atom stereocenters. The molecule has 0 aliphatic rings. The summed E-state index contributed by atoms with van der Waals surface area (Å²) < 4.78 is 0.644. The lowest BCUT2D eigenvalue weighted by molar-refractivity contribution is -0.118. The second-order valence-corrected chi connectivity index (χ2v) is 4.72. The van der Waals surface area contributed by atoms with Gasteiger partial charge in [-0.2, -0.15) is 0 Å². The van der Waals surface area contributed by atoms with Gasteiger partial charge in [0.05, 0.1) is 11.6 Å². The third-order valence-corrected chi connectivity index (χ3v) is 3.06. The summed E-state index contributed by atoms with van der Waals surface area (Å²) in [7, 11) is 0. The van der Waals surface area contributed by atoms with Crippen molar-refractivity contribution in [3.63, 3.8) is 0 Å². The second-order valence-electron chi connectivity index (χ2n) is 3.43. The molecular formula is C11H11BrClNO2. The monoisotopic (exact) mass is 303 g/mol. The van der Waals surface area contributed by atoms with Crippen LogP contribution in [0.5, 0.6) is 0 Å². The van der Waals surface area contributed by atoms with Crippen molar-refractivity contribution >= 4 is 39.2 Å². The largest absolute Gasteiger partial charge is 0.342 e. The Morgan fingerprint density at radius 1 is 1.44 bits per heavy atom. The van der Waals surface area contributed by atoms with E-state index in [1.165, 1.54) is 6.92 Å². The van der Waals surface area contributed by atoms with Gasteiger partial charge in [0.2, 0.25) is 0 Å². The fourth-order valence-electron chi connectivity index (χ4n) is 1.05. The Kier molecular flexibility index (Phi) is 4.50. The highest BCUT2D eigenvalue weighted by molar-refractivity contribution is 9.10. The Bertz CT molecular complexity index is 434. The highest BCUT2D eigenvalue weighted by atomic mass is 79.9. The fraction of sp³-hybridized carbons (Fsp3) is 0.273. The fourth-order valence-corrected chi connectivity index (χ4v) is 1.65. The van der Waals surface area contributed by atoms with E-state index in [-0.39, 0.29) is 11.7 Å². The van der Waals surface area contributed by atoms with Gasteiger partial charge in [0.1, 0.15) is 0 Å². The molecule has 0 aliphatic heterocycles. The lowest BCUT2D eigenvalue weighted by Gasteiger charge is -2.11. The third kappa shape index (κ3) is 3.32. The zero-order chi connectivity index (χ0) is 12.3. The van der Waals surface area contributed by atoms with Crippen molar-refractivity contribution in [2.24, 2.45) is 0 Å². The van der Waals surface area contributed by atoms with Crippen molar-refractivity contribution in [2.45, 2.75) is 19.9 Å². The SMILES string of the molecule is CC(=O)C(C)NC(=O)c1cc(Cl)ccc1Br. The van der Waals surface area contributed by atoms with Gasteiger partial charge in [-0.1, -0.05) is 11.6 Å². The number of amides is 1. The van der Waals surface area contributed by atoms with Gasteiger partial charge >= 0.3 is 0 Å². The zero-order valence-electron chi connectivity index (χ0n) is 8.88. The van der Waals surface area contributed by atoms with Crippen LogP contribution in [0.1, 0.15) is 24.2 Å². The average Bonchev–Trinajstić information content (AvgIpc) is 2.21. The van der Waals surface area contributed by atoms with E-state index in [0.29, 0.717) is 15.1 Å². The zero-order valence-corrected chi connectivity index (χ0v) is 11.2. The smallest absolute Gasteiger partial charge is 0.253 e. The van der Waals surface area contributed by atoms with Gasteiger partial charge in [0.15, 0.2) is 5.78 Å². The Morgan fingerprint density at radius 2 is 2.06 bits per heavy atom. The summed E-state index contributed by atoms with van der Waals surface area (Å²) in [6, 6.07) is 4.42. The molecule has 0 radical (unpaired) electrons. The van der Waals surface area contributed by atoms with Gasteiger partial charge in [-0.25, -0.2) is 0 Å². The van der Waals surface area contributed by atoms with Crippen LogP contribution in [0.15, 0.2) is 22.7 Å². The number of carbonyl (C=O) groups excluding carboxylic acids is 2. The van der Waals surface area contributed by atoms with E-state index in [1.807, 2.05) is 0 Å². The van der Waals surface area contributed by atoms with E-state index in [0.717, 1.165) is 0 Å². The Balaban J connectivity index is 2.88. The van der Waals surface area contributed by atoms with Gasteiger partial charge in [-0.15, -0.1) is 0 Å². The minimum absolute atomic E-state index is 0.0912. The molecule has 0 saturated heterocycles. The van der Waals surface area contributed by atoms with Crippen molar-refractivity contribution in [1.29, 1.82) is 0 Å². The molecule has 1 rings (SSSR count). The van der Waals surface area contributed by atoms with E-state index in [4.69, 9.17) is 11.6 Å². The summed E-state index contributed by atoms with van der Waals surface area (Å²) >= 11 is 9.05. The van der Waals surface area contributed by atoms with Crippen molar-refractivity contribution in [3.05, 3.63) is 33.3 Å². The first-order chi connectivity index (χ1) is 7.41. The Hall–Kier alpha value is -0.870. The van der Waals surface area contributed by atoms with Crippen LogP contribution in [0.25, 0.3) is 0 Å². The number of ketones is 1. The quantitative estimate of drug-likeness (QED) is 0.933. The lowest BCUT2D eigenvalue weighted by Crippen LogP contribution is -2.37. The van der Waals surface area contributed by atoms with Crippen LogP contribution in [-0.4, -0.2) is 17.7 Å². The van der Waals surface area contributed by atoms with Crippen LogP contribution in [0, 0.1) is 0 Å². The predicted molar refractivity (Wildman–Crippen MR) is 66.8 cm³/mol.